The van der Waals surface area contributed by atoms with Gasteiger partial charge in [0.15, 0.2) is 0 Å². The number of rotatable bonds is 3. The zero-order valence-corrected chi connectivity index (χ0v) is 12.8. The van der Waals surface area contributed by atoms with E-state index in [1.807, 2.05) is 15.8 Å². The van der Waals surface area contributed by atoms with Crippen molar-refractivity contribution in [2.24, 2.45) is 0 Å². The van der Waals surface area contributed by atoms with Crippen LogP contribution in [0.5, 0.6) is 0 Å². The van der Waals surface area contributed by atoms with Crippen LogP contribution in [0.4, 0.5) is 0 Å². The maximum atomic E-state index is 12.5. The molecular weight excluding hydrogens is 264 g/mol. The third-order valence-electron chi connectivity index (χ3n) is 4.71. The van der Waals surface area contributed by atoms with Crippen molar-refractivity contribution < 1.29 is 4.79 Å². The molecule has 116 valence electrons. The van der Waals surface area contributed by atoms with E-state index in [4.69, 9.17) is 0 Å². The van der Waals surface area contributed by atoms with Crippen LogP contribution >= 0.6 is 0 Å². The summed E-state index contributed by atoms with van der Waals surface area (Å²) in [6, 6.07) is 2.08. The molecule has 0 bridgehead atoms. The molecule has 5 heteroatoms. The van der Waals surface area contributed by atoms with Crippen molar-refractivity contribution in [3.05, 3.63) is 18.0 Å². The minimum Gasteiger partial charge on any atom is -0.341 e. The molecule has 0 aromatic carbocycles. The Morgan fingerprint density at radius 2 is 2.05 bits per heavy atom. The molecule has 3 rings (SSSR count). The van der Waals surface area contributed by atoms with Crippen molar-refractivity contribution in [3.63, 3.8) is 0 Å². The Bertz CT molecular complexity index is 457. The zero-order valence-electron chi connectivity index (χ0n) is 12.8. The van der Waals surface area contributed by atoms with Crippen molar-refractivity contribution in [2.45, 2.75) is 51.0 Å². The molecule has 0 aliphatic carbocycles. The third kappa shape index (κ3) is 3.64. The third-order valence-corrected chi connectivity index (χ3v) is 4.71. The number of carbonyl (C=O) groups excluding carboxylic acids is 1. The molecule has 0 saturated carbocycles. The van der Waals surface area contributed by atoms with Crippen LogP contribution in [0.25, 0.3) is 0 Å². The first-order chi connectivity index (χ1) is 10.3. The van der Waals surface area contributed by atoms with Gasteiger partial charge in [0.2, 0.25) is 5.91 Å². The topological polar surface area (TPSA) is 50.2 Å². The van der Waals surface area contributed by atoms with Crippen LogP contribution in [-0.4, -0.2) is 46.8 Å². The summed E-state index contributed by atoms with van der Waals surface area (Å²) in [6.07, 6.45) is 9.02. The summed E-state index contributed by atoms with van der Waals surface area (Å²) in [5.41, 5.74) is 1.21. The average Bonchev–Trinajstić information content (AvgIpc) is 2.81. The van der Waals surface area contributed by atoms with Crippen LogP contribution < -0.4 is 5.32 Å². The van der Waals surface area contributed by atoms with Crippen molar-refractivity contribution >= 4 is 5.91 Å². The monoisotopic (exact) mass is 290 g/mol. The molecule has 1 amide bonds. The molecule has 1 N–H and O–H groups in total. The maximum Gasteiger partial charge on any atom is 0.244 e. The van der Waals surface area contributed by atoms with Gasteiger partial charge in [0.05, 0.1) is 0 Å². The molecule has 3 heterocycles. The first-order valence-corrected chi connectivity index (χ1v) is 8.35. The number of amides is 1. The van der Waals surface area contributed by atoms with Crippen molar-refractivity contribution in [2.75, 3.05) is 26.2 Å². The lowest BCUT2D eigenvalue weighted by Gasteiger charge is -2.25. The van der Waals surface area contributed by atoms with Crippen molar-refractivity contribution in [3.8, 4) is 0 Å². The first-order valence-electron chi connectivity index (χ1n) is 8.35. The van der Waals surface area contributed by atoms with Gasteiger partial charge in [-0.15, -0.1) is 0 Å². The van der Waals surface area contributed by atoms with Gasteiger partial charge in [-0.25, -0.2) is 0 Å². The quantitative estimate of drug-likeness (QED) is 0.923. The normalized spacial score (nSPS) is 23.8. The Labute approximate surface area is 126 Å². The van der Waals surface area contributed by atoms with Crippen molar-refractivity contribution in [1.82, 2.24) is 20.0 Å². The number of aromatic nitrogens is 2. The summed E-state index contributed by atoms with van der Waals surface area (Å²) in [6.45, 7) is 4.35. The zero-order chi connectivity index (χ0) is 14.5. The lowest BCUT2D eigenvalue weighted by Crippen LogP contribution is -2.36. The van der Waals surface area contributed by atoms with Gasteiger partial charge in [-0.05, 0) is 38.3 Å². The molecule has 0 radical (unpaired) electrons. The van der Waals surface area contributed by atoms with E-state index < -0.39 is 0 Å². The summed E-state index contributed by atoms with van der Waals surface area (Å²) in [5.74, 6) is 0.726. The number of hydrogen-bond donors (Lipinski definition) is 1. The highest BCUT2D eigenvalue weighted by Crippen LogP contribution is 2.23. The molecule has 1 atom stereocenters. The van der Waals surface area contributed by atoms with E-state index in [9.17, 15) is 4.79 Å². The standard InChI is InChI=1S/C16H26N4O/c21-16(19-10-3-1-2-4-11-19)13-20-15(7-9-18-20)14-6-5-8-17-12-14/h7,9,14,17H,1-6,8,10-13H2. The first kappa shape index (κ1) is 14.6. The van der Waals surface area contributed by atoms with Gasteiger partial charge in [0.1, 0.15) is 6.54 Å². The van der Waals surface area contributed by atoms with Gasteiger partial charge in [-0.1, -0.05) is 12.8 Å². The fourth-order valence-electron chi connectivity index (χ4n) is 3.47. The van der Waals surface area contributed by atoms with E-state index in [0.29, 0.717) is 12.5 Å². The minimum atomic E-state index is 0.227. The Morgan fingerprint density at radius 3 is 2.76 bits per heavy atom. The lowest BCUT2D eigenvalue weighted by atomic mass is 9.96. The summed E-state index contributed by atoms with van der Waals surface area (Å²) in [7, 11) is 0. The fraction of sp³-hybridized carbons (Fsp3) is 0.750. The second-order valence-corrected chi connectivity index (χ2v) is 6.25. The van der Waals surface area contributed by atoms with Crippen molar-refractivity contribution in [1.29, 1.82) is 0 Å². The van der Waals surface area contributed by atoms with Crippen LogP contribution in [0.3, 0.4) is 0 Å². The van der Waals surface area contributed by atoms with Gasteiger partial charge in [-0.3, -0.25) is 9.48 Å². The molecule has 1 aromatic rings. The Balaban J connectivity index is 1.64. The predicted octanol–water partition coefficient (Wildman–Crippen LogP) is 1.75. The molecule has 5 nitrogen and oxygen atoms in total. The van der Waals surface area contributed by atoms with Crippen LogP contribution in [-0.2, 0) is 11.3 Å². The molecule has 21 heavy (non-hydrogen) atoms. The van der Waals surface area contributed by atoms with Crippen LogP contribution in [0.2, 0.25) is 0 Å². The molecule has 2 aliphatic heterocycles. The summed E-state index contributed by atoms with van der Waals surface area (Å²) < 4.78 is 1.92. The van der Waals surface area contributed by atoms with Gasteiger partial charge in [0.25, 0.3) is 0 Å². The average molecular weight is 290 g/mol. The SMILES string of the molecule is O=C(Cn1nccc1C1CCCNC1)N1CCCCCC1. The number of likely N-dealkylation sites (tertiary alicyclic amines) is 1. The van der Waals surface area contributed by atoms with Crippen LogP contribution in [0, 0.1) is 0 Å². The lowest BCUT2D eigenvalue weighted by molar-refractivity contribution is -0.132. The highest BCUT2D eigenvalue weighted by atomic mass is 16.2. The van der Waals surface area contributed by atoms with E-state index in [1.165, 1.54) is 31.4 Å². The van der Waals surface area contributed by atoms with Gasteiger partial charge in [-0.2, -0.15) is 5.10 Å². The van der Waals surface area contributed by atoms with E-state index in [-0.39, 0.29) is 5.91 Å². The number of nitrogens with one attached hydrogen (secondary N) is 1. The number of hydrogen-bond acceptors (Lipinski definition) is 3. The highest BCUT2D eigenvalue weighted by Gasteiger charge is 2.22. The van der Waals surface area contributed by atoms with Crippen LogP contribution in [0.1, 0.15) is 50.1 Å². The molecule has 0 spiro atoms. The fourth-order valence-corrected chi connectivity index (χ4v) is 3.47. The minimum absolute atomic E-state index is 0.227. The summed E-state index contributed by atoms with van der Waals surface area (Å²) in [5, 5.41) is 7.83. The van der Waals surface area contributed by atoms with Gasteiger partial charge < -0.3 is 10.2 Å². The second kappa shape index (κ2) is 7.07. The van der Waals surface area contributed by atoms with Gasteiger partial charge >= 0.3 is 0 Å². The largest absolute Gasteiger partial charge is 0.341 e. The molecule has 1 unspecified atom stereocenters. The van der Waals surface area contributed by atoms with E-state index >= 15 is 0 Å². The summed E-state index contributed by atoms with van der Waals surface area (Å²) in [4.78, 5) is 14.5. The smallest absolute Gasteiger partial charge is 0.244 e. The molecule has 1 aromatic heterocycles. The Morgan fingerprint density at radius 1 is 1.24 bits per heavy atom. The van der Waals surface area contributed by atoms with E-state index in [1.54, 1.807) is 0 Å². The van der Waals surface area contributed by atoms with Crippen LogP contribution in [0.15, 0.2) is 12.3 Å². The molecule has 2 aliphatic rings. The maximum absolute atomic E-state index is 12.5. The molecular formula is C16H26N4O. The van der Waals surface area contributed by atoms with Gasteiger partial charge in [0, 0.05) is 37.4 Å². The van der Waals surface area contributed by atoms with E-state index in [0.717, 1.165) is 39.0 Å². The predicted molar refractivity (Wildman–Crippen MR) is 82.1 cm³/mol. The Hall–Kier alpha value is -1.36. The Kier molecular flexibility index (Phi) is 4.91. The number of piperidine rings is 1. The second-order valence-electron chi connectivity index (χ2n) is 6.25. The number of nitrogens with zero attached hydrogens (tertiary/aromatic N) is 3. The van der Waals surface area contributed by atoms with E-state index in [2.05, 4.69) is 16.5 Å². The highest BCUT2D eigenvalue weighted by molar-refractivity contribution is 5.76. The number of carbonyl (C=O) groups is 1. The molecule has 2 saturated heterocycles. The summed E-state index contributed by atoms with van der Waals surface area (Å²) >= 11 is 0. The molecule has 2 fully saturated rings.